The molecule has 0 spiro atoms. The van der Waals surface area contributed by atoms with Crippen LogP contribution in [-0.2, 0) is 4.79 Å². The summed E-state index contributed by atoms with van der Waals surface area (Å²) in [5.41, 5.74) is 7.23. The van der Waals surface area contributed by atoms with Crippen LogP contribution < -0.4 is 10.3 Å². The van der Waals surface area contributed by atoms with Crippen molar-refractivity contribution >= 4 is 28.9 Å². The lowest BCUT2D eigenvalue weighted by Crippen LogP contribution is -2.29. The Bertz CT molecular complexity index is 1270. The SMILES string of the molecule is CC(=NNC(=O)c1cc(O)ccc1O)C1C(=O)N(c2ccc(C)c(C)c2)c2ccccc21. The Morgan fingerprint density at radius 1 is 1.00 bits per heavy atom. The van der Waals surface area contributed by atoms with E-state index in [0.717, 1.165) is 34.1 Å². The summed E-state index contributed by atoms with van der Waals surface area (Å²) in [4.78, 5) is 27.6. The average Bonchev–Trinajstić information content (AvgIpc) is 3.07. The molecule has 3 N–H and O–H groups in total. The first-order valence-electron chi connectivity index (χ1n) is 10.1. The number of phenolic OH excluding ortho intramolecular Hbond substituents is 2. The second-order valence-electron chi connectivity index (χ2n) is 7.83. The molecule has 0 saturated heterocycles. The molecule has 4 rings (SSSR count). The van der Waals surface area contributed by atoms with E-state index in [1.54, 1.807) is 11.8 Å². The summed E-state index contributed by atoms with van der Waals surface area (Å²) in [7, 11) is 0. The number of aromatic hydroxyl groups is 2. The summed E-state index contributed by atoms with van der Waals surface area (Å²) in [5.74, 6) is -1.95. The molecule has 0 saturated carbocycles. The molecule has 0 radical (unpaired) electrons. The molecule has 1 atom stereocenters. The fraction of sp³-hybridized carbons (Fsp3) is 0.160. The first-order valence-corrected chi connectivity index (χ1v) is 10.1. The Kier molecular flexibility index (Phi) is 5.40. The van der Waals surface area contributed by atoms with Crippen molar-refractivity contribution in [2.24, 2.45) is 5.10 Å². The van der Waals surface area contributed by atoms with Gasteiger partial charge in [0.2, 0.25) is 5.91 Å². The van der Waals surface area contributed by atoms with Gasteiger partial charge in [-0.2, -0.15) is 5.10 Å². The summed E-state index contributed by atoms with van der Waals surface area (Å²) < 4.78 is 0. The molecule has 2 amide bonds. The molecule has 0 fully saturated rings. The Morgan fingerprint density at radius 2 is 1.75 bits per heavy atom. The lowest BCUT2D eigenvalue weighted by atomic mass is 9.96. The van der Waals surface area contributed by atoms with Crippen molar-refractivity contribution in [2.45, 2.75) is 26.7 Å². The first kappa shape index (κ1) is 21.1. The van der Waals surface area contributed by atoms with E-state index in [2.05, 4.69) is 10.5 Å². The van der Waals surface area contributed by atoms with E-state index in [4.69, 9.17) is 0 Å². The number of fused-ring (bicyclic) bond motifs is 1. The molecule has 7 heteroatoms. The molecule has 1 heterocycles. The van der Waals surface area contributed by atoms with Gasteiger partial charge >= 0.3 is 0 Å². The van der Waals surface area contributed by atoms with E-state index in [0.29, 0.717) is 5.71 Å². The standard InChI is InChI=1S/C25H23N3O4/c1-14-8-9-17(12-15(14)2)28-21-7-5-4-6-19(21)23(25(28)32)16(3)26-27-24(31)20-13-18(29)10-11-22(20)30/h4-13,23,29-30H,1-3H3,(H,27,31). The smallest absolute Gasteiger partial charge is 0.275 e. The Balaban J connectivity index is 1.66. The first-order chi connectivity index (χ1) is 15.3. The Labute approximate surface area is 185 Å². The van der Waals surface area contributed by atoms with Crippen LogP contribution in [0, 0.1) is 13.8 Å². The number of carbonyl (C=O) groups excluding carboxylic acids is 2. The van der Waals surface area contributed by atoms with E-state index in [9.17, 15) is 19.8 Å². The van der Waals surface area contributed by atoms with Gasteiger partial charge < -0.3 is 10.2 Å². The minimum atomic E-state index is -0.692. The predicted molar refractivity (Wildman–Crippen MR) is 123 cm³/mol. The van der Waals surface area contributed by atoms with Crippen LogP contribution in [0.1, 0.15) is 39.9 Å². The maximum absolute atomic E-state index is 13.5. The van der Waals surface area contributed by atoms with Crippen LogP contribution in [0.3, 0.4) is 0 Å². The van der Waals surface area contributed by atoms with Gasteiger partial charge in [0.05, 0.1) is 17.0 Å². The summed E-state index contributed by atoms with van der Waals surface area (Å²) in [6.45, 7) is 5.69. The minimum Gasteiger partial charge on any atom is -0.508 e. The number of nitrogens with one attached hydrogen (secondary N) is 1. The van der Waals surface area contributed by atoms with Gasteiger partial charge in [-0.05, 0) is 73.9 Å². The molecular formula is C25H23N3O4. The van der Waals surface area contributed by atoms with E-state index < -0.39 is 11.8 Å². The normalized spacial score (nSPS) is 15.6. The highest BCUT2D eigenvalue weighted by Crippen LogP contribution is 2.42. The summed E-state index contributed by atoms with van der Waals surface area (Å²) in [6.07, 6.45) is 0. The van der Waals surface area contributed by atoms with Crippen molar-refractivity contribution in [1.82, 2.24) is 5.43 Å². The number of aryl methyl sites for hydroxylation is 2. The van der Waals surface area contributed by atoms with Gasteiger partial charge in [-0.15, -0.1) is 0 Å². The predicted octanol–water partition coefficient (Wildman–Crippen LogP) is 4.28. The number of nitrogens with zero attached hydrogens (tertiary/aromatic N) is 2. The zero-order chi connectivity index (χ0) is 23.0. The summed E-state index contributed by atoms with van der Waals surface area (Å²) in [5, 5.41) is 23.6. The van der Waals surface area contributed by atoms with Crippen LogP contribution in [0.2, 0.25) is 0 Å². The lowest BCUT2D eigenvalue weighted by Gasteiger charge is -2.19. The third-order valence-corrected chi connectivity index (χ3v) is 5.68. The van der Waals surface area contributed by atoms with Crippen molar-refractivity contribution in [3.05, 3.63) is 82.9 Å². The monoisotopic (exact) mass is 429 g/mol. The highest BCUT2D eigenvalue weighted by molar-refractivity contribution is 6.21. The molecular weight excluding hydrogens is 406 g/mol. The Morgan fingerprint density at radius 3 is 2.50 bits per heavy atom. The number of benzene rings is 3. The second kappa shape index (κ2) is 8.19. The molecule has 3 aromatic rings. The summed E-state index contributed by atoms with van der Waals surface area (Å²) in [6, 6.07) is 17.0. The zero-order valence-corrected chi connectivity index (χ0v) is 18.0. The molecule has 162 valence electrons. The molecule has 1 unspecified atom stereocenters. The van der Waals surface area contributed by atoms with Crippen molar-refractivity contribution < 1.29 is 19.8 Å². The molecule has 32 heavy (non-hydrogen) atoms. The highest BCUT2D eigenvalue weighted by atomic mass is 16.3. The largest absolute Gasteiger partial charge is 0.508 e. The van der Waals surface area contributed by atoms with E-state index in [1.807, 2.05) is 56.3 Å². The third kappa shape index (κ3) is 3.69. The van der Waals surface area contributed by atoms with Crippen molar-refractivity contribution in [3.8, 4) is 11.5 Å². The number of para-hydroxylation sites is 1. The van der Waals surface area contributed by atoms with Crippen LogP contribution in [0.5, 0.6) is 11.5 Å². The molecule has 7 nitrogen and oxygen atoms in total. The molecule has 0 bridgehead atoms. The average molecular weight is 429 g/mol. The molecule has 0 aromatic heterocycles. The second-order valence-corrected chi connectivity index (χ2v) is 7.83. The fourth-order valence-corrected chi connectivity index (χ4v) is 3.82. The van der Waals surface area contributed by atoms with Crippen molar-refractivity contribution in [2.75, 3.05) is 4.90 Å². The highest BCUT2D eigenvalue weighted by Gasteiger charge is 2.39. The maximum Gasteiger partial charge on any atom is 0.275 e. The number of amides is 2. The Hall–Kier alpha value is -4.13. The van der Waals surface area contributed by atoms with Gasteiger partial charge in [0.15, 0.2) is 0 Å². The number of hydrogen-bond acceptors (Lipinski definition) is 5. The quantitative estimate of drug-likeness (QED) is 0.327. The van der Waals surface area contributed by atoms with Gasteiger partial charge in [-0.3, -0.25) is 14.5 Å². The zero-order valence-electron chi connectivity index (χ0n) is 18.0. The van der Waals surface area contributed by atoms with E-state index in [-0.39, 0.29) is 23.0 Å². The summed E-state index contributed by atoms with van der Waals surface area (Å²) >= 11 is 0. The van der Waals surface area contributed by atoms with Crippen molar-refractivity contribution in [3.63, 3.8) is 0 Å². The molecule has 1 aliphatic rings. The minimum absolute atomic E-state index is 0.114. The van der Waals surface area contributed by atoms with Gasteiger partial charge in [-0.25, -0.2) is 5.43 Å². The van der Waals surface area contributed by atoms with Gasteiger partial charge in [0, 0.05) is 5.69 Å². The van der Waals surface area contributed by atoms with Crippen LogP contribution in [0.25, 0.3) is 0 Å². The van der Waals surface area contributed by atoms with Gasteiger partial charge in [0.25, 0.3) is 5.91 Å². The van der Waals surface area contributed by atoms with Gasteiger partial charge in [0.1, 0.15) is 17.4 Å². The third-order valence-electron chi connectivity index (χ3n) is 5.68. The van der Waals surface area contributed by atoms with Crippen LogP contribution >= 0.6 is 0 Å². The number of rotatable bonds is 4. The number of anilines is 2. The van der Waals surface area contributed by atoms with E-state index >= 15 is 0 Å². The van der Waals surface area contributed by atoms with Crippen molar-refractivity contribution in [1.29, 1.82) is 0 Å². The number of phenols is 2. The van der Waals surface area contributed by atoms with Crippen LogP contribution in [0.4, 0.5) is 11.4 Å². The topological polar surface area (TPSA) is 102 Å². The number of carbonyl (C=O) groups is 2. The lowest BCUT2D eigenvalue weighted by molar-refractivity contribution is -0.117. The number of hydrazone groups is 1. The van der Waals surface area contributed by atoms with E-state index in [1.165, 1.54) is 12.1 Å². The van der Waals surface area contributed by atoms with Crippen LogP contribution in [-0.4, -0.2) is 27.7 Å². The van der Waals surface area contributed by atoms with Crippen LogP contribution in [0.15, 0.2) is 65.8 Å². The fourth-order valence-electron chi connectivity index (χ4n) is 3.82. The number of hydrogen-bond donors (Lipinski definition) is 3. The molecule has 1 aliphatic heterocycles. The van der Waals surface area contributed by atoms with Gasteiger partial charge in [-0.1, -0.05) is 24.3 Å². The molecule has 3 aromatic carbocycles. The molecule has 0 aliphatic carbocycles. The maximum atomic E-state index is 13.5.